The molecule has 70 valence electrons. The molecular weight excluding hydrogens is 166 g/mol. The molecule has 0 radical (unpaired) electrons. The maximum absolute atomic E-state index is 10.9. The van der Waals surface area contributed by atoms with Crippen molar-refractivity contribution < 1.29 is 9.90 Å². The summed E-state index contributed by atoms with van der Waals surface area (Å²) in [7, 11) is 0. The molecule has 0 aliphatic carbocycles. The first kappa shape index (κ1) is 9.71. The number of aliphatic carboxylic acids is 1. The predicted octanol–water partition coefficient (Wildman–Crippen LogP) is 1.75. The van der Waals surface area contributed by atoms with Gasteiger partial charge in [-0.3, -0.25) is 9.78 Å². The summed E-state index contributed by atoms with van der Waals surface area (Å²) in [5.74, 6) is -0.858. The Bertz CT molecular complexity index is 314. The van der Waals surface area contributed by atoms with Crippen LogP contribution < -0.4 is 0 Å². The molecular formula is C10H13NO2. The van der Waals surface area contributed by atoms with E-state index >= 15 is 0 Å². The van der Waals surface area contributed by atoms with Crippen LogP contribution in [-0.4, -0.2) is 16.1 Å². The van der Waals surface area contributed by atoms with Crippen molar-refractivity contribution in [3.63, 3.8) is 0 Å². The molecule has 0 unspecified atom stereocenters. The molecule has 3 nitrogen and oxygen atoms in total. The summed E-state index contributed by atoms with van der Waals surface area (Å²) in [4.78, 5) is 15.0. The first-order chi connectivity index (χ1) is 5.94. The number of nitrogens with zero attached hydrogens (tertiary/aromatic N) is 1. The van der Waals surface area contributed by atoms with Crippen molar-refractivity contribution in [2.75, 3.05) is 0 Å². The van der Waals surface area contributed by atoms with Gasteiger partial charge in [0.05, 0.1) is 5.69 Å². The molecule has 0 spiro atoms. The lowest BCUT2D eigenvalue weighted by Crippen LogP contribution is -2.29. The van der Waals surface area contributed by atoms with E-state index in [1.807, 2.05) is 13.0 Å². The molecule has 0 saturated carbocycles. The highest BCUT2D eigenvalue weighted by Crippen LogP contribution is 2.20. The summed E-state index contributed by atoms with van der Waals surface area (Å²) < 4.78 is 0. The second kappa shape index (κ2) is 3.17. The third kappa shape index (κ3) is 1.86. The van der Waals surface area contributed by atoms with E-state index in [4.69, 9.17) is 5.11 Å². The van der Waals surface area contributed by atoms with Gasteiger partial charge in [0.15, 0.2) is 0 Å². The lowest BCUT2D eigenvalue weighted by atomic mass is 9.89. The van der Waals surface area contributed by atoms with E-state index in [2.05, 4.69) is 4.98 Å². The van der Waals surface area contributed by atoms with Crippen molar-refractivity contribution in [3.8, 4) is 0 Å². The third-order valence-electron chi connectivity index (χ3n) is 2.09. The zero-order valence-corrected chi connectivity index (χ0v) is 8.03. The number of aromatic nitrogens is 1. The predicted molar refractivity (Wildman–Crippen MR) is 49.6 cm³/mol. The third-order valence-corrected chi connectivity index (χ3v) is 2.09. The van der Waals surface area contributed by atoms with Crippen molar-refractivity contribution in [1.82, 2.24) is 4.98 Å². The van der Waals surface area contributed by atoms with Crippen molar-refractivity contribution in [2.24, 2.45) is 0 Å². The number of carboxylic acids is 1. The average Bonchev–Trinajstić information content (AvgIpc) is 2.04. The Balaban J connectivity index is 3.08. The molecule has 1 heterocycles. The summed E-state index contributed by atoms with van der Waals surface area (Å²) in [6.07, 6.45) is 1.68. The minimum Gasteiger partial charge on any atom is -0.481 e. The van der Waals surface area contributed by atoms with Crippen molar-refractivity contribution >= 4 is 5.97 Å². The maximum atomic E-state index is 10.9. The average molecular weight is 179 g/mol. The lowest BCUT2D eigenvalue weighted by Gasteiger charge is -2.17. The van der Waals surface area contributed by atoms with Crippen molar-refractivity contribution in [1.29, 1.82) is 0 Å². The largest absolute Gasteiger partial charge is 0.481 e. The molecule has 3 heteroatoms. The fraction of sp³-hybridized carbons (Fsp3) is 0.400. The Morgan fingerprint density at radius 2 is 2.08 bits per heavy atom. The highest BCUT2D eigenvalue weighted by molar-refractivity contribution is 5.79. The smallest absolute Gasteiger partial charge is 0.315 e. The Kier molecular flexibility index (Phi) is 2.36. The number of carbonyl (C=O) groups is 1. The van der Waals surface area contributed by atoms with Crippen LogP contribution in [0.2, 0.25) is 0 Å². The fourth-order valence-electron chi connectivity index (χ4n) is 0.947. The molecule has 1 rings (SSSR count). The van der Waals surface area contributed by atoms with E-state index in [0.717, 1.165) is 5.56 Å². The highest BCUT2D eigenvalue weighted by Gasteiger charge is 2.30. The van der Waals surface area contributed by atoms with E-state index in [0.29, 0.717) is 5.69 Å². The van der Waals surface area contributed by atoms with Crippen LogP contribution in [0.1, 0.15) is 25.1 Å². The molecule has 0 amide bonds. The minimum atomic E-state index is -0.909. The SMILES string of the molecule is Cc1ccc(C(C)(C)C(=O)O)nc1. The quantitative estimate of drug-likeness (QED) is 0.752. The van der Waals surface area contributed by atoms with Gasteiger partial charge >= 0.3 is 5.97 Å². The van der Waals surface area contributed by atoms with Gasteiger partial charge in [-0.2, -0.15) is 0 Å². The zero-order chi connectivity index (χ0) is 10.1. The van der Waals surface area contributed by atoms with Gasteiger partial charge in [-0.1, -0.05) is 6.07 Å². The molecule has 0 fully saturated rings. The molecule has 13 heavy (non-hydrogen) atoms. The van der Waals surface area contributed by atoms with E-state index in [9.17, 15) is 4.79 Å². The number of hydrogen-bond donors (Lipinski definition) is 1. The zero-order valence-electron chi connectivity index (χ0n) is 8.03. The molecule has 1 aromatic rings. The van der Waals surface area contributed by atoms with E-state index in [-0.39, 0.29) is 0 Å². The van der Waals surface area contributed by atoms with Gasteiger partial charge in [-0.15, -0.1) is 0 Å². The topological polar surface area (TPSA) is 50.2 Å². The van der Waals surface area contributed by atoms with E-state index < -0.39 is 11.4 Å². The van der Waals surface area contributed by atoms with Crippen LogP contribution in [0.25, 0.3) is 0 Å². The standard InChI is InChI=1S/C10H13NO2/c1-7-4-5-8(11-6-7)10(2,3)9(12)13/h4-6H,1-3H3,(H,12,13). The van der Waals surface area contributed by atoms with Crippen LogP contribution in [0.3, 0.4) is 0 Å². The van der Waals surface area contributed by atoms with Gasteiger partial charge < -0.3 is 5.11 Å². The van der Waals surface area contributed by atoms with Crippen LogP contribution in [-0.2, 0) is 10.2 Å². The fourth-order valence-corrected chi connectivity index (χ4v) is 0.947. The summed E-state index contributed by atoms with van der Waals surface area (Å²) in [5.41, 5.74) is 0.712. The number of pyridine rings is 1. The lowest BCUT2D eigenvalue weighted by molar-refractivity contribution is -0.142. The first-order valence-corrected chi connectivity index (χ1v) is 4.11. The molecule has 0 bridgehead atoms. The van der Waals surface area contributed by atoms with Gasteiger partial charge in [0, 0.05) is 6.20 Å². The molecule has 1 aromatic heterocycles. The van der Waals surface area contributed by atoms with Gasteiger partial charge in [-0.05, 0) is 32.4 Å². The van der Waals surface area contributed by atoms with Crippen LogP contribution in [0.5, 0.6) is 0 Å². The van der Waals surface area contributed by atoms with Crippen LogP contribution in [0.4, 0.5) is 0 Å². The van der Waals surface area contributed by atoms with Crippen LogP contribution in [0.15, 0.2) is 18.3 Å². The molecule has 0 aliphatic rings. The minimum absolute atomic E-state index is 0.589. The maximum Gasteiger partial charge on any atom is 0.315 e. The van der Waals surface area contributed by atoms with Gasteiger partial charge in [0.2, 0.25) is 0 Å². The Hall–Kier alpha value is -1.38. The Morgan fingerprint density at radius 1 is 1.46 bits per heavy atom. The number of hydrogen-bond acceptors (Lipinski definition) is 2. The number of rotatable bonds is 2. The van der Waals surface area contributed by atoms with E-state index in [1.165, 1.54) is 0 Å². The van der Waals surface area contributed by atoms with Crippen molar-refractivity contribution in [2.45, 2.75) is 26.2 Å². The molecule has 0 saturated heterocycles. The van der Waals surface area contributed by atoms with Gasteiger partial charge in [-0.25, -0.2) is 0 Å². The Morgan fingerprint density at radius 3 is 2.46 bits per heavy atom. The summed E-state index contributed by atoms with van der Waals surface area (Å²) in [6.45, 7) is 5.21. The monoisotopic (exact) mass is 179 g/mol. The number of carboxylic acid groups (broad SMARTS) is 1. The van der Waals surface area contributed by atoms with Crippen LogP contribution >= 0.6 is 0 Å². The molecule has 0 aromatic carbocycles. The first-order valence-electron chi connectivity index (χ1n) is 4.11. The summed E-state index contributed by atoms with van der Waals surface area (Å²) >= 11 is 0. The molecule has 1 N–H and O–H groups in total. The summed E-state index contributed by atoms with van der Waals surface area (Å²) in [6, 6.07) is 3.62. The Labute approximate surface area is 77.4 Å². The molecule has 0 atom stereocenters. The van der Waals surface area contributed by atoms with Gasteiger partial charge in [0.25, 0.3) is 0 Å². The van der Waals surface area contributed by atoms with Gasteiger partial charge in [0.1, 0.15) is 5.41 Å². The van der Waals surface area contributed by atoms with Crippen LogP contribution in [0, 0.1) is 6.92 Å². The number of aryl methyl sites for hydroxylation is 1. The second-order valence-electron chi connectivity index (χ2n) is 3.65. The molecule has 0 aliphatic heterocycles. The second-order valence-corrected chi connectivity index (χ2v) is 3.65. The summed E-state index contributed by atoms with van der Waals surface area (Å²) in [5, 5.41) is 8.92. The normalized spacial score (nSPS) is 11.3. The van der Waals surface area contributed by atoms with Crippen molar-refractivity contribution in [3.05, 3.63) is 29.6 Å². The highest BCUT2D eigenvalue weighted by atomic mass is 16.4. The van der Waals surface area contributed by atoms with E-state index in [1.54, 1.807) is 26.1 Å².